The fourth-order valence-electron chi connectivity index (χ4n) is 3.85. The molecule has 0 bridgehead atoms. The van der Waals surface area contributed by atoms with Gasteiger partial charge in [-0.25, -0.2) is 19.7 Å². The molecule has 156 valence electrons. The van der Waals surface area contributed by atoms with Crippen molar-refractivity contribution in [3.05, 3.63) is 48.5 Å². The van der Waals surface area contributed by atoms with E-state index < -0.39 is 0 Å². The van der Waals surface area contributed by atoms with E-state index >= 15 is 0 Å². The van der Waals surface area contributed by atoms with Crippen LogP contribution in [0, 0.1) is 0 Å². The summed E-state index contributed by atoms with van der Waals surface area (Å²) in [6.45, 7) is 1.65. The summed E-state index contributed by atoms with van der Waals surface area (Å²) in [7, 11) is 0. The molecule has 2 fully saturated rings. The Labute approximate surface area is 173 Å². The highest BCUT2D eigenvalue weighted by Crippen LogP contribution is 2.31. The first-order chi connectivity index (χ1) is 14.8. The van der Waals surface area contributed by atoms with Gasteiger partial charge in [0, 0.05) is 6.61 Å². The number of carbonyl (C=O) groups excluding carboxylic acids is 1. The third-order valence-electron chi connectivity index (χ3n) is 5.43. The van der Waals surface area contributed by atoms with E-state index in [1.54, 1.807) is 18.5 Å². The van der Waals surface area contributed by atoms with Crippen LogP contribution in [0.3, 0.4) is 0 Å². The second kappa shape index (κ2) is 8.37. The van der Waals surface area contributed by atoms with Crippen LogP contribution in [0.15, 0.2) is 43.0 Å². The topological polar surface area (TPSA) is 100 Å². The van der Waals surface area contributed by atoms with E-state index in [2.05, 4.69) is 20.3 Å². The van der Waals surface area contributed by atoms with Crippen LogP contribution in [0.5, 0.6) is 0 Å². The third kappa shape index (κ3) is 3.86. The standard InChI is InChI=1S/C21H23N5O4/c27-21(14-4-2-1-3-5-14)29-11-16-6-7-17(30-16)26-13-24-18-19(22-12-23-20(18)26)25-15-8-9-28-10-15/h1-5,12-13,15-17H,6-11H2,(H,22,23,25)/t15-,16+,17-/m1/s1. The zero-order valence-corrected chi connectivity index (χ0v) is 16.4. The molecule has 30 heavy (non-hydrogen) atoms. The van der Waals surface area contributed by atoms with E-state index in [0.29, 0.717) is 23.5 Å². The summed E-state index contributed by atoms with van der Waals surface area (Å²) in [5.41, 5.74) is 1.97. The number of nitrogens with one attached hydrogen (secondary N) is 1. The van der Waals surface area contributed by atoms with E-state index in [-0.39, 0.29) is 30.9 Å². The van der Waals surface area contributed by atoms with Gasteiger partial charge in [-0.3, -0.25) is 4.57 Å². The molecule has 5 rings (SSSR count). The molecule has 0 amide bonds. The maximum Gasteiger partial charge on any atom is 0.338 e. The lowest BCUT2D eigenvalue weighted by molar-refractivity contribution is -0.0309. The van der Waals surface area contributed by atoms with Gasteiger partial charge in [0.2, 0.25) is 0 Å². The quantitative estimate of drug-likeness (QED) is 0.620. The number of ether oxygens (including phenoxy) is 3. The van der Waals surface area contributed by atoms with Crippen molar-refractivity contribution in [2.75, 3.05) is 25.1 Å². The van der Waals surface area contributed by atoms with Gasteiger partial charge in [-0.05, 0) is 31.4 Å². The zero-order chi connectivity index (χ0) is 20.3. The van der Waals surface area contributed by atoms with Gasteiger partial charge >= 0.3 is 5.97 Å². The first-order valence-corrected chi connectivity index (χ1v) is 10.2. The van der Waals surface area contributed by atoms with Gasteiger partial charge < -0.3 is 19.5 Å². The molecular formula is C21H23N5O4. The van der Waals surface area contributed by atoms with Crippen LogP contribution >= 0.6 is 0 Å². The SMILES string of the molecule is O=C(OC[C@@H]1CC[C@H](n2cnc3c(N[C@@H]4CCOC4)ncnc32)O1)c1ccccc1. The molecule has 3 aromatic rings. The predicted octanol–water partition coefficient (Wildman–Crippen LogP) is 2.56. The minimum absolute atomic E-state index is 0.157. The Morgan fingerprint density at radius 2 is 2.07 bits per heavy atom. The Balaban J connectivity index is 1.24. The van der Waals surface area contributed by atoms with Crippen molar-refractivity contribution in [1.82, 2.24) is 19.5 Å². The van der Waals surface area contributed by atoms with Crippen LogP contribution < -0.4 is 5.32 Å². The smallest absolute Gasteiger partial charge is 0.338 e. The molecule has 2 aliphatic rings. The molecule has 2 aliphatic heterocycles. The normalized spacial score (nSPS) is 23.7. The number of anilines is 1. The Bertz CT molecular complexity index is 1020. The number of esters is 1. The summed E-state index contributed by atoms with van der Waals surface area (Å²) >= 11 is 0. The largest absolute Gasteiger partial charge is 0.459 e. The Hall–Kier alpha value is -3.04. The molecule has 1 N–H and O–H groups in total. The molecule has 0 spiro atoms. The molecule has 0 radical (unpaired) electrons. The maximum atomic E-state index is 12.1. The van der Waals surface area contributed by atoms with Crippen molar-refractivity contribution in [2.45, 2.75) is 37.6 Å². The molecule has 2 saturated heterocycles. The van der Waals surface area contributed by atoms with Crippen LogP contribution in [0.25, 0.3) is 11.2 Å². The minimum Gasteiger partial charge on any atom is -0.459 e. The van der Waals surface area contributed by atoms with Gasteiger partial charge in [0.15, 0.2) is 17.0 Å². The number of carbonyl (C=O) groups is 1. The van der Waals surface area contributed by atoms with Crippen LogP contribution in [0.1, 0.15) is 35.8 Å². The lowest BCUT2D eigenvalue weighted by Gasteiger charge is -2.16. The van der Waals surface area contributed by atoms with E-state index in [0.717, 1.165) is 31.5 Å². The van der Waals surface area contributed by atoms with E-state index in [4.69, 9.17) is 14.2 Å². The lowest BCUT2D eigenvalue weighted by Crippen LogP contribution is -2.20. The number of hydrogen-bond donors (Lipinski definition) is 1. The second-order valence-electron chi connectivity index (χ2n) is 7.51. The molecule has 9 nitrogen and oxygen atoms in total. The maximum absolute atomic E-state index is 12.1. The van der Waals surface area contributed by atoms with Crippen molar-refractivity contribution in [3.8, 4) is 0 Å². The molecular weight excluding hydrogens is 386 g/mol. The zero-order valence-electron chi connectivity index (χ0n) is 16.4. The summed E-state index contributed by atoms with van der Waals surface area (Å²) in [6, 6.07) is 9.20. The van der Waals surface area contributed by atoms with Crippen molar-refractivity contribution < 1.29 is 19.0 Å². The number of rotatable bonds is 6. The van der Waals surface area contributed by atoms with Crippen LogP contribution in [-0.4, -0.2) is 57.5 Å². The predicted molar refractivity (Wildman–Crippen MR) is 108 cm³/mol. The summed E-state index contributed by atoms with van der Waals surface area (Å²) in [5, 5.41) is 3.39. The monoisotopic (exact) mass is 409 g/mol. The second-order valence-corrected chi connectivity index (χ2v) is 7.51. The highest BCUT2D eigenvalue weighted by atomic mass is 16.6. The minimum atomic E-state index is -0.338. The molecule has 2 aromatic heterocycles. The molecule has 9 heteroatoms. The molecule has 0 unspecified atom stereocenters. The molecule has 0 aliphatic carbocycles. The van der Waals surface area contributed by atoms with Crippen LogP contribution in [0.4, 0.5) is 5.82 Å². The summed E-state index contributed by atoms with van der Waals surface area (Å²) in [6.07, 6.45) is 5.44. The molecule has 0 saturated carbocycles. The van der Waals surface area contributed by atoms with E-state index in [1.165, 1.54) is 6.33 Å². The molecule has 1 aromatic carbocycles. The van der Waals surface area contributed by atoms with Gasteiger partial charge in [-0.2, -0.15) is 0 Å². The van der Waals surface area contributed by atoms with Crippen molar-refractivity contribution >= 4 is 23.0 Å². The average Bonchev–Trinajstić information content (AvgIpc) is 3.53. The van der Waals surface area contributed by atoms with Crippen LogP contribution in [-0.2, 0) is 14.2 Å². The highest BCUT2D eigenvalue weighted by molar-refractivity contribution is 5.89. The first-order valence-electron chi connectivity index (χ1n) is 10.2. The number of benzene rings is 1. The number of nitrogens with zero attached hydrogens (tertiary/aromatic N) is 4. The van der Waals surface area contributed by atoms with Gasteiger partial charge in [-0.1, -0.05) is 18.2 Å². The van der Waals surface area contributed by atoms with Gasteiger partial charge in [0.05, 0.1) is 30.6 Å². The van der Waals surface area contributed by atoms with E-state index in [9.17, 15) is 4.79 Å². The fraction of sp³-hybridized carbons (Fsp3) is 0.429. The van der Waals surface area contributed by atoms with E-state index in [1.807, 2.05) is 22.8 Å². The van der Waals surface area contributed by atoms with Crippen molar-refractivity contribution in [1.29, 1.82) is 0 Å². The Kier molecular flexibility index (Phi) is 5.29. The summed E-state index contributed by atoms with van der Waals surface area (Å²) in [5.74, 6) is 0.371. The van der Waals surface area contributed by atoms with Gasteiger partial charge in [0.25, 0.3) is 0 Å². The number of aromatic nitrogens is 4. The Morgan fingerprint density at radius 3 is 2.90 bits per heavy atom. The number of fused-ring (bicyclic) bond motifs is 1. The highest BCUT2D eigenvalue weighted by Gasteiger charge is 2.29. The Morgan fingerprint density at radius 1 is 1.17 bits per heavy atom. The lowest BCUT2D eigenvalue weighted by atomic mass is 10.2. The van der Waals surface area contributed by atoms with Gasteiger partial charge in [-0.15, -0.1) is 0 Å². The fourth-order valence-corrected chi connectivity index (χ4v) is 3.85. The summed E-state index contributed by atoms with van der Waals surface area (Å²) in [4.78, 5) is 25.4. The number of imidazole rings is 1. The first kappa shape index (κ1) is 19.0. The van der Waals surface area contributed by atoms with Gasteiger partial charge in [0.1, 0.15) is 19.2 Å². The van der Waals surface area contributed by atoms with Crippen molar-refractivity contribution in [3.63, 3.8) is 0 Å². The third-order valence-corrected chi connectivity index (χ3v) is 5.43. The summed E-state index contributed by atoms with van der Waals surface area (Å²) < 4.78 is 18.9. The van der Waals surface area contributed by atoms with Crippen molar-refractivity contribution in [2.24, 2.45) is 0 Å². The van der Waals surface area contributed by atoms with Crippen LogP contribution in [0.2, 0.25) is 0 Å². The molecule has 4 heterocycles. The average molecular weight is 409 g/mol. The number of hydrogen-bond acceptors (Lipinski definition) is 8. The molecule has 3 atom stereocenters.